The highest BCUT2D eigenvalue weighted by Gasteiger charge is 2.57. The van der Waals surface area contributed by atoms with Crippen molar-refractivity contribution in [1.82, 2.24) is 0 Å². The normalized spacial score (nSPS) is 47.8. The maximum absolute atomic E-state index is 11.9. The highest BCUT2D eigenvalue weighted by molar-refractivity contribution is 5.74. The Morgan fingerprint density at radius 3 is 1.50 bits per heavy atom. The number of aliphatic hydroxyl groups is 7. The molecule has 0 saturated carbocycles. The minimum atomic E-state index is -2.31. The first-order chi connectivity index (χ1) is 17.7. The van der Waals surface area contributed by atoms with Crippen LogP contribution in [0, 0.1) is 0 Å². The van der Waals surface area contributed by atoms with Crippen LogP contribution in [-0.4, -0.2) is 166 Å². The zero-order valence-corrected chi connectivity index (χ0v) is 18.8. The molecule has 38 heavy (non-hydrogen) atoms. The standard InChI is InChI=1S/C18H26O20/c19-1-2(20)9(13(25)26)36-17(5(1)23)34-8-6(24)10(38-32)18(37-12(8)15(29)30)35-7-3(21)4(22)16(31)33-11(7)14(27)28/h1-12,16-24,31-32H,(H,25,26)(H,27,28)(H,29,30)/t1-,2-,3+,4-,5-,6-,7-,8-,9-,10-,11-,12-,16+,17+,18+/m0/s1. The van der Waals surface area contributed by atoms with Crippen LogP contribution in [0.4, 0.5) is 0 Å². The Bertz CT molecular complexity index is 869. The number of carboxylic acid groups (broad SMARTS) is 3. The van der Waals surface area contributed by atoms with Crippen molar-refractivity contribution >= 4 is 17.9 Å². The van der Waals surface area contributed by atoms with E-state index in [1.165, 1.54) is 0 Å². The molecule has 0 aromatic rings. The molecule has 3 fully saturated rings. The molecule has 0 radical (unpaired) electrons. The summed E-state index contributed by atoms with van der Waals surface area (Å²) in [6.45, 7) is 0. The van der Waals surface area contributed by atoms with Crippen LogP contribution in [0.15, 0.2) is 0 Å². The summed E-state index contributed by atoms with van der Waals surface area (Å²) in [5.41, 5.74) is 0. The zero-order valence-electron chi connectivity index (χ0n) is 18.8. The molecular formula is C18H26O20. The number of hydrogen-bond donors (Lipinski definition) is 11. The van der Waals surface area contributed by atoms with Crippen molar-refractivity contribution in [2.24, 2.45) is 0 Å². The summed E-state index contributed by atoms with van der Waals surface area (Å²) in [7, 11) is 0. The maximum atomic E-state index is 11.9. The maximum Gasteiger partial charge on any atom is 0.335 e. The molecule has 0 aromatic heterocycles. The van der Waals surface area contributed by atoms with Gasteiger partial charge < -0.3 is 74.7 Å². The van der Waals surface area contributed by atoms with E-state index in [0.717, 1.165) is 0 Å². The summed E-state index contributed by atoms with van der Waals surface area (Å²) in [5.74, 6) is -5.51. The predicted octanol–water partition coefficient (Wildman–Crippen LogP) is -6.80. The molecule has 0 aromatic carbocycles. The summed E-state index contributed by atoms with van der Waals surface area (Å²) < 4.78 is 25.0. The van der Waals surface area contributed by atoms with Crippen LogP contribution in [0.25, 0.3) is 0 Å². The molecular weight excluding hydrogens is 536 g/mol. The summed E-state index contributed by atoms with van der Waals surface area (Å²) in [6, 6.07) is 0. The van der Waals surface area contributed by atoms with E-state index in [9.17, 15) is 65.6 Å². The summed E-state index contributed by atoms with van der Waals surface area (Å²) in [5, 5.41) is 107. The van der Waals surface area contributed by atoms with Gasteiger partial charge in [-0.15, -0.1) is 0 Å². The summed E-state index contributed by atoms with van der Waals surface area (Å²) in [4.78, 5) is 38.7. The van der Waals surface area contributed by atoms with Crippen molar-refractivity contribution in [3.8, 4) is 0 Å². The Labute approximate surface area is 210 Å². The quantitative estimate of drug-likeness (QED) is 0.0966. The van der Waals surface area contributed by atoms with Crippen molar-refractivity contribution in [2.45, 2.75) is 92.1 Å². The lowest BCUT2D eigenvalue weighted by Crippen LogP contribution is -2.67. The lowest BCUT2D eigenvalue weighted by Gasteiger charge is -2.46. The molecule has 0 amide bonds. The summed E-state index contributed by atoms with van der Waals surface area (Å²) in [6.07, 6.45) is -32.7. The third-order valence-electron chi connectivity index (χ3n) is 6.09. The van der Waals surface area contributed by atoms with Crippen LogP contribution in [0.3, 0.4) is 0 Å². The number of rotatable bonds is 8. The molecule has 3 rings (SSSR count). The van der Waals surface area contributed by atoms with E-state index in [2.05, 4.69) is 9.62 Å². The van der Waals surface area contributed by atoms with E-state index >= 15 is 0 Å². The summed E-state index contributed by atoms with van der Waals surface area (Å²) >= 11 is 0. The molecule has 20 nitrogen and oxygen atoms in total. The number of ether oxygens (including phenoxy) is 5. The van der Waals surface area contributed by atoms with E-state index < -0.39 is 110 Å². The van der Waals surface area contributed by atoms with Gasteiger partial charge in [-0.3, -0.25) is 5.26 Å². The number of carbonyl (C=O) groups is 3. The van der Waals surface area contributed by atoms with Crippen molar-refractivity contribution in [2.75, 3.05) is 0 Å². The average Bonchev–Trinajstić information content (AvgIpc) is 2.85. The fourth-order valence-corrected chi connectivity index (χ4v) is 4.07. The predicted molar refractivity (Wildman–Crippen MR) is 104 cm³/mol. The minimum Gasteiger partial charge on any atom is -0.479 e. The van der Waals surface area contributed by atoms with Gasteiger partial charge in [0, 0.05) is 0 Å². The van der Waals surface area contributed by atoms with Crippen molar-refractivity contribution in [3.05, 3.63) is 0 Å². The van der Waals surface area contributed by atoms with Gasteiger partial charge in [0.2, 0.25) is 0 Å². The fourth-order valence-electron chi connectivity index (χ4n) is 4.07. The first kappa shape index (κ1) is 30.4. The Kier molecular flexibility index (Phi) is 9.54. The van der Waals surface area contributed by atoms with Crippen LogP contribution in [0.2, 0.25) is 0 Å². The first-order valence-electron chi connectivity index (χ1n) is 10.7. The van der Waals surface area contributed by atoms with Gasteiger partial charge >= 0.3 is 17.9 Å². The lowest BCUT2D eigenvalue weighted by atomic mass is 9.95. The van der Waals surface area contributed by atoms with Gasteiger partial charge in [-0.25, -0.2) is 19.3 Å². The molecule has 11 N–H and O–H groups in total. The van der Waals surface area contributed by atoms with Crippen LogP contribution < -0.4 is 0 Å². The second-order valence-electron chi connectivity index (χ2n) is 8.53. The van der Waals surface area contributed by atoms with Crippen molar-refractivity contribution < 1.29 is 99.3 Å². The van der Waals surface area contributed by atoms with Crippen LogP contribution >= 0.6 is 0 Å². The van der Waals surface area contributed by atoms with Gasteiger partial charge in [0.05, 0.1) is 0 Å². The average molecular weight is 562 g/mol. The Balaban J connectivity index is 1.85. The molecule has 3 saturated heterocycles. The van der Waals surface area contributed by atoms with E-state index in [0.29, 0.717) is 0 Å². The number of aliphatic hydroxyl groups excluding tert-OH is 7. The van der Waals surface area contributed by atoms with E-state index in [4.69, 9.17) is 24.1 Å². The Hall–Kier alpha value is -2.15. The first-order valence-corrected chi connectivity index (χ1v) is 10.7. The third kappa shape index (κ3) is 5.73. The van der Waals surface area contributed by atoms with E-state index in [1.54, 1.807) is 0 Å². The SMILES string of the molecule is O=C(O)[C@H]1O[C@@H](O[C@H]2[C@H](O)[C@H](OO)[C@H](O[C@H]3[C@H](O)[C@H](O)[C@H](O)O[C@@H]3C(=O)O)O[C@@H]2C(=O)O)[C@@H](O)[C@@H](O)[C@@H]1O. The molecule has 0 spiro atoms. The Morgan fingerprint density at radius 1 is 0.500 bits per heavy atom. The molecule has 3 heterocycles. The topological polar surface area (TPSA) is 329 Å². The van der Waals surface area contributed by atoms with E-state index in [1.807, 2.05) is 0 Å². The van der Waals surface area contributed by atoms with Crippen LogP contribution in [0.5, 0.6) is 0 Å². The number of carboxylic acids is 3. The highest BCUT2D eigenvalue weighted by atomic mass is 17.1. The van der Waals surface area contributed by atoms with Gasteiger partial charge in [-0.2, -0.15) is 0 Å². The largest absolute Gasteiger partial charge is 0.479 e. The number of aliphatic carboxylic acids is 3. The third-order valence-corrected chi connectivity index (χ3v) is 6.09. The molecule has 3 aliphatic rings. The van der Waals surface area contributed by atoms with Crippen LogP contribution in [-0.2, 0) is 43.0 Å². The Morgan fingerprint density at radius 2 is 0.974 bits per heavy atom. The molecule has 3 aliphatic heterocycles. The molecule has 218 valence electrons. The van der Waals surface area contributed by atoms with Crippen LogP contribution in [0.1, 0.15) is 0 Å². The zero-order chi connectivity index (χ0) is 28.6. The fraction of sp³-hybridized carbons (Fsp3) is 0.833. The number of hydrogen-bond acceptors (Lipinski definition) is 17. The lowest BCUT2D eigenvalue weighted by molar-refractivity contribution is -0.412. The minimum absolute atomic E-state index is 1.80. The smallest absolute Gasteiger partial charge is 0.335 e. The second kappa shape index (κ2) is 11.9. The van der Waals surface area contributed by atoms with Gasteiger partial charge in [-0.1, -0.05) is 0 Å². The molecule has 15 atom stereocenters. The van der Waals surface area contributed by atoms with E-state index in [-0.39, 0.29) is 0 Å². The van der Waals surface area contributed by atoms with Crippen molar-refractivity contribution in [3.63, 3.8) is 0 Å². The second-order valence-corrected chi connectivity index (χ2v) is 8.53. The van der Waals surface area contributed by atoms with Crippen molar-refractivity contribution in [1.29, 1.82) is 0 Å². The molecule has 0 bridgehead atoms. The molecule has 20 heteroatoms. The van der Waals surface area contributed by atoms with Gasteiger partial charge in [0.25, 0.3) is 0 Å². The molecule has 0 aliphatic carbocycles. The molecule has 0 unspecified atom stereocenters. The van der Waals surface area contributed by atoms with Gasteiger partial charge in [0.15, 0.2) is 43.3 Å². The van der Waals surface area contributed by atoms with Gasteiger partial charge in [0.1, 0.15) is 48.8 Å². The monoisotopic (exact) mass is 562 g/mol. The highest BCUT2D eigenvalue weighted by Crippen LogP contribution is 2.33. The van der Waals surface area contributed by atoms with Gasteiger partial charge in [-0.05, 0) is 0 Å².